The van der Waals surface area contributed by atoms with Crippen LogP contribution in [-0.4, -0.2) is 29.7 Å². The van der Waals surface area contributed by atoms with Crippen LogP contribution in [-0.2, 0) is 4.79 Å². The molecule has 0 heterocycles. The first-order chi connectivity index (χ1) is 9.90. The highest BCUT2D eigenvalue weighted by atomic mass is 16.6. The van der Waals surface area contributed by atoms with Gasteiger partial charge in [0.2, 0.25) is 0 Å². The van der Waals surface area contributed by atoms with Crippen LogP contribution in [0.2, 0.25) is 0 Å². The predicted octanol–water partition coefficient (Wildman–Crippen LogP) is 2.91. The number of nitrogens with one attached hydrogen (secondary N) is 1. The Morgan fingerprint density at radius 3 is 2.48 bits per heavy atom. The molecule has 0 aliphatic carbocycles. The van der Waals surface area contributed by atoms with Crippen molar-refractivity contribution < 1.29 is 19.6 Å². The lowest BCUT2D eigenvalue weighted by atomic mass is 9.82. The fourth-order valence-corrected chi connectivity index (χ4v) is 2.09. The van der Waals surface area contributed by atoms with E-state index in [1.807, 2.05) is 0 Å². The average molecular weight is 296 g/mol. The molecule has 7 nitrogen and oxygen atoms in total. The number of nitro benzene ring substituents is 1. The number of hydrogen-bond donors (Lipinski definition) is 2. The van der Waals surface area contributed by atoms with Gasteiger partial charge in [-0.25, -0.2) is 0 Å². The van der Waals surface area contributed by atoms with Gasteiger partial charge < -0.3 is 15.2 Å². The fraction of sp³-hybridized carbons (Fsp3) is 0.500. The molecule has 7 heteroatoms. The van der Waals surface area contributed by atoms with Crippen molar-refractivity contribution in [2.45, 2.75) is 26.7 Å². The molecule has 116 valence electrons. The summed E-state index contributed by atoms with van der Waals surface area (Å²) in [4.78, 5) is 22.0. The summed E-state index contributed by atoms with van der Waals surface area (Å²) in [5, 5.41) is 23.3. The van der Waals surface area contributed by atoms with Gasteiger partial charge in [0, 0.05) is 18.7 Å². The van der Waals surface area contributed by atoms with E-state index in [-0.39, 0.29) is 17.9 Å². The van der Waals surface area contributed by atoms with E-state index >= 15 is 0 Å². The monoisotopic (exact) mass is 296 g/mol. The molecule has 21 heavy (non-hydrogen) atoms. The van der Waals surface area contributed by atoms with Crippen LogP contribution in [0.15, 0.2) is 18.2 Å². The molecule has 0 saturated carbocycles. The summed E-state index contributed by atoms with van der Waals surface area (Å²) < 4.78 is 5.04. The molecule has 1 aromatic rings. The highest BCUT2D eigenvalue weighted by Gasteiger charge is 2.35. The third-order valence-corrected chi connectivity index (χ3v) is 3.82. The Labute approximate surface area is 123 Å². The largest absolute Gasteiger partial charge is 0.497 e. The van der Waals surface area contributed by atoms with Crippen molar-refractivity contribution in [2.24, 2.45) is 5.41 Å². The Kier molecular flexibility index (Phi) is 5.52. The number of methoxy groups -OCH3 is 1. The lowest BCUT2D eigenvalue weighted by molar-refractivity contribution is -0.384. The summed E-state index contributed by atoms with van der Waals surface area (Å²) in [5.74, 6) is -0.442. The molecular weight excluding hydrogens is 276 g/mol. The minimum Gasteiger partial charge on any atom is -0.497 e. The van der Waals surface area contributed by atoms with Gasteiger partial charge in [-0.15, -0.1) is 0 Å². The van der Waals surface area contributed by atoms with Crippen molar-refractivity contribution in [1.29, 1.82) is 0 Å². The molecule has 1 rings (SSSR count). The molecular formula is C14H20N2O5. The van der Waals surface area contributed by atoms with Crippen molar-refractivity contribution >= 4 is 17.3 Å². The number of nitrogens with zero attached hydrogens (tertiary/aromatic N) is 1. The lowest BCUT2D eigenvalue weighted by Crippen LogP contribution is -2.37. The maximum Gasteiger partial charge on any atom is 0.311 e. The molecule has 0 saturated heterocycles. The van der Waals surface area contributed by atoms with Crippen LogP contribution in [0.3, 0.4) is 0 Å². The van der Waals surface area contributed by atoms with Gasteiger partial charge in [-0.2, -0.15) is 0 Å². The molecule has 2 N–H and O–H groups in total. The Bertz CT molecular complexity index is 526. The predicted molar refractivity (Wildman–Crippen MR) is 78.8 cm³/mol. The highest BCUT2D eigenvalue weighted by Crippen LogP contribution is 2.32. The number of benzene rings is 1. The molecule has 0 fully saturated rings. The van der Waals surface area contributed by atoms with Crippen LogP contribution in [0.4, 0.5) is 11.4 Å². The van der Waals surface area contributed by atoms with E-state index < -0.39 is 16.3 Å². The van der Waals surface area contributed by atoms with Crippen molar-refractivity contribution in [3.63, 3.8) is 0 Å². The Hall–Kier alpha value is -2.31. The normalized spacial score (nSPS) is 11.0. The maximum absolute atomic E-state index is 11.4. The second kappa shape index (κ2) is 6.92. The van der Waals surface area contributed by atoms with E-state index in [0.717, 1.165) is 0 Å². The van der Waals surface area contributed by atoms with Crippen LogP contribution >= 0.6 is 0 Å². The van der Waals surface area contributed by atoms with Crippen LogP contribution in [0, 0.1) is 15.5 Å². The summed E-state index contributed by atoms with van der Waals surface area (Å²) in [6, 6.07) is 4.32. The first kappa shape index (κ1) is 16.7. The SMILES string of the molecule is CCC(CC)(CNc1cc(OC)ccc1[N+](=O)[O-])C(=O)O. The van der Waals surface area contributed by atoms with E-state index in [1.54, 1.807) is 13.8 Å². The zero-order valence-corrected chi connectivity index (χ0v) is 12.4. The first-order valence-corrected chi connectivity index (χ1v) is 6.70. The number of carbonyl (C=O) groups is 1. The number of rotatable bonds is 8. The topological polar surface area (TPSA) is 102 Å². The standard InChI is InChI=1S/C14H20N2O5/c1-4-14(5-2,13(17)18)9-15-11-8-10(21-3)6-7-12(11)16(19)20/h6-8,15H,4-5,9H2,1-3H3,(H,17,18). The number of anilines is 1. The molecule has 0 atom stereocenters. The smallest absolute Gasteiger partial charge is 0.311 e. The van der Waals surface area contributed by atoms with Crippen LogP contribution in [0.5, 0.6) is 5.75 Å². The summed E-state index contributed by atoms with van der Waals surface area (Å²) in [6.07, 6.45) is 0.868. The molecule has 0 aliphatic rings. The maximum atomic E-state index is 11.4. The molecule has 0 spiro atoms. The van der Waals surface area contributed by atoms with Crippen molar-refractivity contribution in [3.8, 4) is 5.75 Å². The van der Waals surface area contributed by atoms with Crippen molar-refractivity contribution in [2.75, 3.05) is 19.0 Å². The zero-order chi connectivity index (χ0) is 16.0. The van der Waals surface area contributed by atoms with E-state index in [1.165, 1.54) is 25.3 Å². The number of aliphatic carboxylic acids is 1. The third-order valence-electron chi connectivity index (χ3n) is 3.82. The molecule has 0 amide bonds. The number of hydrogen-bond acceptors (Lipinski definition) is 5. The number of carboxylic acids is 1. The van der Waals surface area contributed by atoms with Crippen molar-refractivity contribution in [3.05, 3.63) is 28.3 Å². The van der Waals surface area contributed by atoms with E-state index in [4.69, 9.17) is 4.74 Å². The van der Waals surface area contributed by atoms with Gasteiger partial charge in [-0.3, -0.25) is 14.9 Å². The van der Waals surface area contributed by atoms with Gasteiger partial charge in [0.15, 0.2) is 0 Å². The van der Waals surface area contributed by atoms with Crippen LogP contribution in [0.25, 0.3) is 0 Å². The summed E-state index contributed by atoms with van der Waals surface area (Å²) >= 11 is 0. The molecule has 0 aromatic heterocycles. The quantitative estimate of drug-likeness (QED) is 0.565. The highest BCUT2D eigenvalue weighted by molar-refractivity contribution is 5.76. The van der Waals surface area contributed by atoms with E-state index in [9.17, 15) is 20.0 Å². The van der Waals surface area contributed by atoms with Crippen molar-refractivity contribution in [1.82, 2.24) is 0 Å². The van der Waals surface area contributed by atoms with Gasteiger partial charge in [-0.05, 0) is 18.9 Å². The summed E-state index contributed by atoms with van der Waals surface area (Å²) in [7, 11) is 1.46. The minimum atomic E-state index is -0.947. The Morgan fingerprint density at radius 2 is 2.05 bits per heavy atom. The summed E-state index contributed by atoms with van der Waals surface area (Å²) in [6.45, 7) is 3.70. The fourth-order valence-electron chi connectivity index (χ4n) is 2.09. The van der Waals surface area contributed by atoms with Gasteiger partial charge >= 0.3 is 5.97 Å². The molecule has 0 aliphatic heterocycles. The van der Waals surface area contributed by atoms with Gasteiger partial charge in [-0.1, -0.05) is 13.8 Å². The number of carboxylic acid groups (broad SMARTS) is 1. The van der Waals surface area contributed by atoms with Crippen LogP contribution < -0.4 is 10.1 Å². The van der Waals surface area contributed by atoms with E-state index in [2.05, 4.69) is 5.32 Å². The molecule has 1 aromatic carbocycles. The second-order valence-electron chi connectivity index (χ2n) is 4.79. The minimum absolute atomic E-state index is 0.109. The van der Waals surface area contributed by atoms with Gasteiger partial charge in [0.1, 0.15) is 11.4 Å². The second-order valence-corrected chi connectivity index (χ2v) is 4.79. The number of ether oxygens (including phenoxy) is 1. The zero-order valence-electron chi connectivity index (χ0n) is 12.4. The number of nitro groups is 1. The molecule has 0 unspecified atom stereocenters. The third kappa shape index (κ3) is 3.62. The first-order valence-electron chi connectivity index (χ1n) is 6.70. The summed E-state index contributed by atoms with van der Waals surface area (Å²) in [5.41, 5.74) is -0.800. The van der Waals surface area contributed by atoms with Gasteiger partial charge in [0.25, 0.3) is 5.69 Å². The Balaban J connectivity index is 3.06. The van der Waals surface area contributed by atoms with Crippen LogP contribution in [0.1, 0.15) is 26.7 Å². The van der Waals surface area contributed by atoms with Gasteiger partial charge in [0.05, 0.1) is 17.4 Å². The molecule has 0 radical (unpaired) electrons. The Morgan fingerprint density at radius 1 is 1.43 bits per heavy atom. The average Bonchev–Trinajstić information content (AvgIpc) is 2.48. The lowest BCUT2D eigenvalue weighted by Gasteiger charge is -2.27. The van der Waals surface area contributed by atoms with E-state index in [0.29, 0.717) is 18.6 Å². The molecule has 0 bridgehead atoms.